The van der Waals surface area contributed by atoms with Gasteiger partial charge in [0.05, 0.1) is 19.6 Å². The predicted molar refractivity (Wildman–Crippen MR) is 137 cm³/mol. The third-order valence-electron chi connectivity index (χ3n) is 5.92. The molecule has 194 valence electrons. The van der Waals surface area contributed by atoms with E-state index < -0.39 is 17.9 Å². The molecule has 0 fully saturated rings. The maximum atomic E-state index is 13.1. The fourth-order valence-electron chi connectivity index (χ4n) is 3.83. The molecule has 0 spiro atoms. The maximum Gasteiger partial charge on any atom is 0.224 e. The molecule has 2 atom stereocenters. The summed E-state index contributed by atoms with van der Waals surface area (Å²) in [6, 6.07) is 16.2. The van der Waals surface area contributed by atoms with Gasteiger partial charge in [-0.25, -0.2) is 0 Å². The van der Waals surface area contributed by atoms with Crippen LogP contribution in [0.15, 0.2) is 54.6 Å². The fraction of sp³-hybridized carbons (Fsp3) is 0.429. The number of aryl methyl sites for hydroxylation is 2. The summed E-state index contributed by atoms with van der Waals surface area (Å²) in [7, 11) is 4.50. The number of carbonyl (C=O) groups is 4. The lowest BCUT2D eigenvalue weighted by atomic mass is 9.93. The number of nitrogens with one attached hydrogen (secondary N) is 2. The van der Waals surface area contributed by atoms with Crippen LogP contribution in [0.25, 0.3) is 0 Å². The molecule has 0 radical (unpaired) electrons. The standard InChI is InChI=1S/C28H36N2O6/c1-29-27(33)18-22(17-23(31)14-12-20-8-5-4-6-9-20)28(34)30-25(19-35-2)26(32)15-13-21-10-7-11-24(16-21)36-3/h4-11,16,22,25H,12-15,17-19H2,1-3H3,(H,29,33)(H,30,34)/t22-,25-/m0/s1. The highest BCUT2D eigenvalue weighted by atomic mass is 16.5. The number of benzene rings is 2. The van der Waals surface area contributed by atoms with Gasteiger partial charge in [0.2, 0.25) is 11.8 Å². The quantitative estimate of drug-likeness (QED) is 0.370. The summed E-state index contributed by atoms with van der Waals surface area (Å²) in [6.45, 7) is -0.00265. The van der Waals surface area contributed by atoms with Crippen LogP contribution in [-0.4, -0.2) is 57.3 Å². The molecule has 0 bridgehead atoms. The van der Waals surface area contributed by atoms with E-state index in [0.29, 0.717) is 18.6 Å². The van der Waals surface area contributed by atoms with Gasteiger partial charge in [0.25, 0.3) is 0 Å². The number of hydrogen-bond donors (Lipinski definition) is 2. The van der Waals surface area contributed by atoms with E-state index in [2.05, 4.69) is 10.6 Å². The lowest BCUT2D eigenvalue weighted by Gasteiger charge is -2.21. The Morgan fingerprint density at radius 1 is 0.861 bits per heavy atom. The number of amides is 2. The first-order chi connectivity index (χ1) is 17.4. The smallest absolute Gasteiger partial charge is 0.224 e. The van der Waals surface area contributed by atoms with Gasteiger partial charge < -0.3 is 20.1 Å². The molecule has 2 rings (SSSR count). The number of rotatable bonds is 16. The van der Waals surface area contributed by atoms with E-state index in [1.165, 1.54) is 14.2 Å². The molecule has 8 heteroatoms. The Bertz CT molecular complexity index is 1010. The summed E-state index contributed by atoms with van der Waals surface area (Å²) in [5.74, 6) is -1.34. The fourth-order valence-corrected chi connectivity index (χ4v) is 3.83. The Morgan fingerprint density at radius 3 is 2.22 bits per heavy atom. The van der Waals surface area contributed by atoms with Crippen molar-refractivity contribution in [3.8, 4) is 5.75 Å². The van der Waals surface area contributed by atoms with Crippen LogP contribution in [0, 0.1) is 5.92 Å². The largest absolute Gasteiger partial charge is 0.497 e. The highest BCUT2D eigenvalue weighted by Crippen LogP contribution is 2.16. The van der Waals surface area contributed by atoms with E-state index in [4.69, 9.17) is 9.47 Å². The topological polar surface area (TPSA) is 111 Å². The van der Waals surface area contributed by atoms with Crippen molar-refractivity contribution in [3.63, 3.8) is 0 Å². The maximum absolute atomic E-state index is 13.1. The molecule has 0 aliphatic rings. The minimum absolute atomic E-state index is 0.00265. The van der Waals surface area contributed by atoms with Gasteiger partial charge in [-0.05, 0) is 36.1 Å². The first kappa shape index (κ1) is 28.7. The van der Waals surface area contributed by atoms with Crippen LogP contribution < -0.4 is 15.4 Å². The molecular weight excluding hydrogens is 460 g/mol. The van der Waals surface area contributed by atoms with Gasteiger partial charge in [-0.2, -0.15) is 0 Å². The zero-order chi connectivity index (χ0) is 26.3. The van der Waals surface area contributed by atoms with E-state index in [1.54, 1.807) is 7.11 Å². The van der Waals surface area contributed by atoms with Gasteiger partial charge >= 0.3 is 0 Å². The number of hydrogen-bond acceptors (Lipinski definition) is 6. The zero-order valence-corrected chi connectivity index (χ0v) is 21.3. The van der Waals surface area contributed by atoms with Gasteiger partial charge in [0.1, 0.15) is 17.6 Å². The van der Waals surface area contributed by atoms with Crippen LogP contribution >= 0.6 is 0 Å². The molecule has 0 aromatic heterocycles. The second-order valence-electron chi connectivity index (χ2n) is 8.64. The highest BCUT2D eigenvalue weighted by Gasteiger charge is 2.28. The summed E-state index contributed by atoms with van der Waals surface area (Å²) in [5.41, 5.74) is 1.96. The molecular formula is C28H36N2O6. The second kappa shape index (κ2) is 15.5. The number of ketones is 2. The summed E-state index contributed by atoms with van der Waals surface area (Å²) in [5, 5.41) is 5.21. The number of Topliss-reactive ketones (excluding diaryl/α,β-unsaturated/α-hetero) is 2. The van der Waals surface area contributed by atoms with Crippen LogP contribution in [0.2, 0.25) is 0 Å². The van der Waals surface area contributed by atoms with Crippen molar-refractivity contribution in [1.82, 2.24) is 10.6 Å². The lowest BCUT2D eigenvalue weighted by Crippen LogP contribution is -2.47. The molecule has 2 N–H and O–H groups in total. The molecule has 0 heterocycles. The van der Waals surface area contributed by atoms with Crippen molar-refractivity contribution >= 4 is 23.4 Å². The Labute approximate surface area is 212 Å². The van der Waals surface area contributed by atoms with Crippen molar-refractivity contribution in [1.29, 1.82) is 0 Å². The molecule has 0 saturated carbocycles. The molecule has 0 saturated heterocycles. The molecule has 2 amide bonds. The van der Waals surface area contributed by atoms with Gasteiger partial charge in [0, 0.05) is 39.8 Å². The van der Waals surface area contributed by atoms with Crippen molar-refractivity contribution in [3.05, 3.63) is 65.7 Å². The monoisotopic (exact) mass is 496 g/mol. The number of methoxy groups -OCH3 is 2. The third-order valence-corrected chi connectivity index (χ3v) is 5.92. The van der Waals surface area contributed by atoms with Crippen molar-refractivity contribution in [2.75, 3.05) is 27.9 Å². The lowest BCUT2D eigenvalue weighted by molar-refractivity contribution is -0.135. The SMILES string of the molecule is CNC(=O)C[C@H](CC(=O)CCc1ccccc1)C(=O)N[C@@H](COC)C(=O)CCc1cccc(OC)c1. The molecule has 0 aliphatic carbocycles. The molecule has 8 nitrogen and oxygen atoms in total. The average Bonchev–Trinajstić information content (AvgIpc) is 2.90. The Balaban J connectivity index is 2.00. The average molecular weight is 497 g/mol. The predicted octanol–water partition coefficient (Wildman–Crippen LogP) is 2.67. The highest BCUT2D eigenvalue weighted by molar-refractivity contribution is 5.94. The van der Waals surface area contributed by atoms with Crippen LogP contribution in [-0.2, 0) is 36.8 Å². The van der Waals surface area contributed by atoms with E-state index in [-0.39, 0.29) is 49.8 Å². The van der Waals surface area contributed by atoms with E-state index in [0.717, 1.165) is 11.1 Å². The van der Waals surface area contributed by atoms with Gasteiger partial charge in [0.15, 0.2) is 5.78 Å². The first-order valence-electron chi connectivity index (χ1n) is 12.1. The van der Waals surface area contributed by atoms with Crippen molar-refractivity contribution in [2.24, 2.45) is 5.92 Å². The Morgan fingerprint density at radius 2 is 1.56 bits per heavy atom. The van der Waals surface area contributed by atoms with E-state index >= 15 is 0 Å². The van der Waals surface area contributed by atoms with Gasteiger partial charge in [-0.3, -0.25) is 19.2 Å². The van der Waals surface area contributed by atoms with Crippen molar-refractivity contribution < 1.29 is 28.7 Å². The van der Waals surface area contributed by atoms with Gasteiger partial charge in [-0.15, -0.1) is 0 Å². The molecule has 2 aromatic rings. The molecule has 0 aliphatic heterocycles. The van der Waals surface area contributed by atoms with Crippen LogP contribution in [0.1, 0.15) is 36.8 Å². The molecule has 0 unspecified atom stereocenters. The Kier molecular flexibility index (Phi) is 12.3. The Hall–Kier alpha value is -3.52. The first-order valence-corrected chi connectivity index (χ1v) is 12.1. The van der Waals surface area contributed by atoms with Gasteiger partial charge in [-0.1, -0.05) is 42.5 Å². The summed E-state index contributed by atoms with van der Waals surface area (Å²) in [6.07, 6.45) is 1.27. The van der Waals surface area contributed by atoms with E-state index in [9.17, 15) is 19.2 Å². The summed E-state index contributed by atoms with van der Waals surface area (Å²) < 4.78 is 10.4. The zero-order valence-electron chi connectivity index (χ0n) is 21.3. The summed E-state index contributed by atoms with van der Waals surface area (Å²) in [4.78, 5) is 50.7. The summed E-state index contributed by atoms with van der Waals surface area (Å²) >= 11 is 0. The van der Waals surface area contributed by atoms with Crippen LogP contribution in [0.3, 0.4) is 0 Å². The van der Waals surface area contributed by atoms with Crippen LogP contribution in [0.5, 0.6) is 5.75 Å². The number of ether oxygens (including phenoxy) is 2. The molecule has 2 aromatic carbocycles. The molecule has 36 heavy (non-hydrogen) atoms. The van der Waals surface area contributed by atoms with Crippen molar-refractivity contribution in [2.45, 2.75) is 44.6 Å². The number of carbonyl (C=O) groups excluding carboxylic acids is 4. The normalized spacial score (nSPS) is 12.3. The third kappa shape index (κ3) is 10.00. The minimum atomic E-state index is -0.876. The van der Waals surface area contributed by atoms with Crippen LogP contribution in [0.4, 0.5) is 0 Å². The van der Waals surface area contributed by atoms with E-state index in [1.807, 2.05) is 54.6 Å². The minimum Gasteiger partial charge on any atom is -0.497 e. The second-order valence-corrected chi connectivity index (χ2v) is 8.64.